The van der Waals surface area contributed by atoms with E-state index in [0.717, 1.165) is 38.8 Å². The Morgan fingerprint density at radius 2 is 0.912 bits per heavy atom. The third-order valence-corrected chi connectivity index (χ3v) is 10.1. The average molecular weight is 809 g/mol. The van der Waals surface area contributed by atoms with Crippen molar-refractivity contribution in [3.8, 4) is 0 Å². The Morgan fingerprint density at radius 1 is 0.561 bits per heavy atom. The van der Waals surface area contributed by atoms with Crippen molar-refractivity contribution in [2.45, 2.75) is 240 Å². The van der Waals surface area contributed by atoms with Crippen molar-refractivity contribution < 1.29 is 23.9 Å². The lowest BCUT2D eigenvalue weighted by atomic mass is 10.0. The Balaban J connectivity index is 5.48. The van der Waals surface area contributed by atoms with E-state index in [2.05, 4.69) is 34.4 Å². The molecule has 0 aliphatic heterocycles. The van der Waals surface area contributed by atoms with Crippen LogP contribution in [0.2, 0.25) is 0 Å². The third kappa shape index (κ3) is 35.3. The fraction of sp³-hybridized carbons (Fsp3) is 0.913. The quantitative estimate of drug-likeness (QED) is 0.0185. The van der Waals surface area contributed by atoms with Crippen molar-refractivity contribution in [1.82, 2.24) is 20.4 Å². The largest absolute Gasteiger partial charge is 0.370 e. The van der Waals surface area contributed by atoms with Gasteiger partial charge in [-0.25, -0.2) is 4.99 Å². The van der Waals surface area contributed by atoms with Gasteiger partial charge >= 0.3 is 0 Å². The van der Waals surface area contributed by atoms with Gasteiger partial charge in [0.2, 0.25) is 18.7 Å². The fourth-order valence-corrected chi connectivity index (χ4v) is 7.07. The summed E-state index contributed by atoms with van der Waals surface area (Å²) in [6, 6.07) is 0. The van der Waals surface area contributed by atoms with Crippen LogP contribution in [0.15, 0.2) is 4.99 Å². The van der Waals surface area contributed by atoms with Crippen LogP contribution in [0.3, 0.4) is 0 Å². The molecule has 0 aromatic carbocycles. The first-order chi connectivity index (χ1) is 27.3. The summed E-state index contributed by atoms with van der Waals surface area (Å²) in [6.45, 7) is 18.1. The number of amides is 3. The standard InChI is InChI=1S/C46H92N6O5/c1-9-11-13-15-17-19-21-23-25-27-29-31-34-51(35-32-30-28-26-24-22-20-18-16-14-12-10-2)43(55)33-36-52(38-42(50-40-54)57-46(6,7)8)44(47)48-37-41(49-39-53)56-45(3,4)5/h39-42H,9-38H2,1-8H3,(H2,47,48)(H,49,53)(H,50,54). The summed E-state index contributed by atoms with van der Waals surface area (Å²) in [5, 5.41) is 5.41. The van der Waals surface area contributed by atoms with E-state index in [-0.39, 0.29) is 31.4 Å². The molecule has 11 nitrogen and oxygen atoms in total. The minimum Gasteiger partial charge on any atom is -0.370 e. The zero-order valence-electron chi connectivity index (χ0n) is 38.5. The van der Waals surface area contributed by atoms with Gasteiger partial charge in [0.25, 0.3) is 0 Å². The van der Waals surface area contributed by atoms with E-state index in [1.807, 2.05) is 41.5 Å². The molecule has 0 fully saturated rings. The van der Waals surface area contributed by atoms with E-state index in [1.54, 1.807) is 4.90 Å². The fourth-order valence-electron chi connectivity index (χ4n) is 7.07. The van der Waals surface area contributed by atoms with Crippen LogP contribution >= 0.6 is 0 Å². The number of hydrogen-bond donors (Lipinski definition) is 3. The van der Waals surface area contributed by atoms with Crippen LogP contribution in [0.5, 0.6) is 0 Å². The lowest BCUT2D eigenvalue weighted by molar-refractivity contribution is -0.132. The SMILES string of the molecule is CCCCCCCCCCCCCCN(CCCCCCCCCCCCCC)C(=O)CCN(CC(NC=O)OC(C)(C)C)C(N)=NCC(NC=O)OC(C)(C)C. The highest BCUT2D eigenvalue weighted by atomic mass is 16.5. The lowest BCUT2D eigenvalue weighted by Gasteiger charge is -2.33. The normalized spacial score (nSPS) is 13.3. The maximum absolute atomic E-state index is 13.9. The number of unbranched alkanes of at least 4 members (excludes halogenated alkanes) is 22. The van der Waals surface area contributed by atoms with E-state index in [0.29, 0.717) is 19.4 Å². The van der Waals surface area contributed by atoms with Crippen molar-refractivity contribution >= 4 is 24.7 Å². The highest BCUT2D eigenvalue weighted by Crippen LogP contribution is 2.16. The second-order valence-corrected chi connectivity index (χ2v) is 18.1. The van der Waals surface area contributed by atoms with Crippen molar-refractivity contribution in [2.75, 3.05) is 32.7 Å². The molecule has 0 spiro atoms. The van der Waals surface area contributed by atoms with Crippen molar-refractivity contribution in [3.63, 3.8) is 0 Å². The molecule has 0 aliphatic rings. The van der Waals surface area contributed by atoms with Gasteiger partial charge in [-0.05, 0) is 54.4 Å². The monoisotopic (exact) mass is 809 g/mol. The molecule has 11 heteroatoms. The molecule has 0 aromatic rings. The zero-order chi connectivity index (χ0) is 42.6. The molecule has 0 bridgehead atoms. The predicted octanol–water partition coefficient (Wildman–Crippen LogP) is 10.00. The number of carbonyl (C=O) groups is 3. The van der Waals surface area contributed by atoms with Crippen molar-refractivity contribution in [2.24, 2.45) is 10.7 Å². The number of nitrogens with one attached hydrogen (secondary N) is 2. The minimum absolute atomic E-state index is 0.0856. The van der Waals surface area contributed by atoms with Gasteiger partial charge in [-0.2, -0.15) is 0 Å². The van der Waals surface area contributed by atoms with Crippen LogP contribution in [0.4, 0.5) is 0 Å². The molecule has 336 valence electrons. The van der Waals surface area contributed by atoms with Gasteiger partial charge in [-0.1, -0.05) is 155 Å². The van der Waals surface area contributed by atoms with Gasteiger partial charge in [0.1, 0.15) is 12.5 Å². The highest BCUT2D eigenvalue weighted by Gasteiger charge is 2.24. The molecule has 0 radical (unpaired) electrons. The molecule has 0 saturated heterocycles. The van der Waals surface area contributed by atoms with E-state index >= 15 is 0 Å². The van der Waals surface area contributed by atoms with Crippen LogP contribution in [0, 0.1) is 0 Å². The van der Waals surface area contributed by atoms with Crippen LogP contribution in [-0.2, 0) is 23.9 Å². The first-order valence-electron chi connectivity index (χ1n) is 23.3. The lowest BCUT2D eigenvalue weighted by Crippen LogP contribution is -2.51. The molecule has 2 unspecified atom stereocenters. The second kappa shape index (κ2) is 35.5. The molecule has 0 aliphatic carbocycles. The second-order valence-electron chi connectivity index (χ2n) is 18.1. The third-order valence-electron chi connectivity index (χ3n) is 10.1. The van der Waals surface area contributed by atoms with Gasteiger partial charge in [-0.3, -0.25) is 14.4 Å². The minimum atomic E-state index is -0.681. The van der Waals surface area contributed by atoms with Gasteiger partial charge in [0.15, 0.2) is 5.96 Å². The molecule has 3 amide bonds. The first-order valence-corrected chi connectivity index (χ1v) is 23.3. The first kappa shape index (κ1) is 54.6. The number of rotatable bonds is 39. The van der Waals surface area contributed by atoms with E-state index in [9.17, 15) is 14.4 Å². The number of ether oxygens (including phenoxy) is 2. The summed E-state index contributed by atoms with van der Waals surface area (Å²) in [4.78, 5) is 45.2. The smallest absolute Gasteiger partial charge is 0.224 e. The van der Waals surface area contributed by atoms with Gasteiger partial charge in [0.05, 0.1) is 24.3 Å². The molecule has 2 atom stereocenters. The number of guanidine groups is 1. The van der Waals surface area contributed by atoms with Crippen molar-refractivity contribution in [1.29, 1.82) is 0 Å². The number of hydrogen-bond acceptors (Lipinski definition) is 6. The Labute approximate surface area is 351 Å². The molecule has 0 saturated carbocycles. The number of carbonyl (C=O) groups excluding carboxylic acids is 3. The summed E-state index contributed by atoms with van der Waals surface area (Å²) in [5.74, 6) is 0.286. The highest BCUT2D eigenvalue weighted by molar-refractivity contribution is 5.80. The van der Waals surface area contributed by atoms with E-state index < -0.39 is 23.7 Å². The van der Waals surface area contributed by atoms with Crippen LogP contribution in [-0.4, -0.2) is 90.9 Å². The van der Waals surface area contributed by atoms with Crippen LogP contribution < -0.4 is 16.4 Å². The molecule has 0 heterocycles. The topological polar surface area (TPSA) is 139 Å². The summed E-state index contributed by atoms with van der Waals surface area (Å²) in [5.41, 5.74) is 5.53. The Bertz CT molecular complexity index is 971. The summed E-state index contributed by atoms with van der Waals surface area (Å²) >= 11 is 0. The molecular formula is C46H92N6O5. The number of aliphatic imine (C=N–C) groups is 1. The van der Waals surface area contributed by atoms with E-state index in [4.69, 9.17) is 15.2 Å². The maximum atomic E-state index is 13.9. The van der Waals surface area contributed by atoms with Crippen molar-refractivity contribution in [3.05, 3.63) is 0 Å². The van der Waals surface area contributed by atoms with Gasteiger partial charge in [-0.15, -0.1) is 0 Å². The average Bonchev–Trinajstić information content (AvgIpc) is 3.14. The number of nitrogens with zero attached hydrogens (tertiary/aromatic N) is 3. The Hall–Kier alpha value is -2.40. The Kier molecular flexibility index (Phi) is 34.0. The molecule has 4 N–H and O–H groups in total. The van der Waals surface area contributed by atoms with Crippen LogP contribution in [0.25, 0.3) is 0 Å². The van der Waals surface area contributed by atoms with Gasteiger partial charge < -0.3 is 35.6 Å². The molecule has 0 aromatic heterocycles. The van der Waals surface area contributed by atoms with Crippen LogP contribution in [0.1, 0.15) is 216 Å². The summed E-state index contributed by atoms with van der Waals surface area (Å²) < 4.78 is 12.1. The Morgan fingerprint density at radius 3 is 1.28 bits per heavy atom. The predicted molar refractivity (Wildman–Crippen MR) is 239 cm³/mol. The molecular weight excluding hydrogens is 717 g/mol. The van der Waals surface area contributed by atoms with E-state index in [1.165, 1.54) is 128 Å². The van der Waals surface area contributed by atoms with Gasteiger partial charge in [0, 0.05) is 26.1 Å². The summed E-state index contributed by atoms with van der Waals surface area (Å²) in [6.07, 6.45) is 30.9. The maximum Gasteiger partial charge on any atom is 0.224 e. The zero-order valence-corrected chi connectivity index (χ0v) is 38.5. The molecule has 57 heavy (non-hydrogen) atoms. The summed E-state index contributed by atoms with van der Waals surface area (Å²) in [7, 11) is 0. The number of nitrogens with two attached hydrogens (primary N) is 1. The molecule has 0 rings (SSSR count).